The highest BCUT2D eigenvalue weighted by atomic mass is 14.3. The summed E-state index contributed by atoms with van der Waals surface area (Å²) in [7, 11) is 0. The van der Waals surface area contributed by atoms with E-state index in [2.05, 4.69) is 85.8 Å². The summed E-state index contributed by atoms with van der Waals surface area (Å²) in [5.41, 5.74) is 9.34. The largest absolute Gasteiger partial charge is 0.0622 e. The van der Waals surface area contributed by atoms with Crippen LogP contribution in [-0.4, -0.2) is 0 Å². The van der Waals surface area contributed by atoms with E-state index in [1.54, 1.807) is 0 Å². The van der Waals surface area contributed by atoms with Crippen molar-refractivity contribution in [1.29, 1.82) is 0 Å². The van der Waals surface area contributed by atoms with E-state index in [1.165, 1.54) is 39.0 Å². The van der Waals surface area contributed by atoms with Crippen LogP contribution in [0.4, 0.5) is 0 Å². The second-order valence-electron chi connectivity index (χ2n) is 5.51. The number of fused-ring (bicyclic) bond motifs is 3. The Kier molecular flexibility index (Phi) is 2.75. The van der Waals surface area contributed by atoms with Crippen molar-refractivity contribution in [3.05, 3.63) is 95.1 Å². The molecule has 0 aromatic heterocycles. The van der Waals surface area contributed by atoms with Gasteiger partial charge in [-0.1, -0.05) is 72.8 Å². The molecule has 0 unspecified atom stereocenters. The molecular weight excluding hydrogens is 252 g/mol. The molecule has 0 bridgehead atoms. The fourth-order valence-corrected chi connectivity index (χ4v) is 3.20. The quantitative estimate of drug-likeness (QED) is 0.423. The molecule has 0 amide bonds. The van der Waals surface area contributed by atoms with E-state index < -0.39 is 0 Å². The molecule has 0 atom stereocenters. The number of rotatable bonds is 1. The lowest BCUT2D eigenvalue weighted by Crippen LogP contribution is -1.86. The van der Waals surface area contributed by atoms with Crippen LogP contribution >= 0.6 is 0 Å². The molecule has 3 aromatic carbocycles. The lowest BCUT2D eigenvalue weighted by atomic mass is 9.97. The van der Waals surface area contributed by atoms with Gasteiger partial charge in [-0.2, -0.15) is 0 Å². The van der Waals surface area contributed by atoms with Crippen LogP contribution in [0.5, 0.6) is 0 Å². The number of hydrogen-bond donors (Lipinski definition) is 0. The zero-order chi connectivity index (χ0) is 14.2. The van der Waals surface area contributed by atoms with Crippen molar-refractivity contribution in [2.24, 2.45) is 0 Å². The third kappa shape index (κ3) is 1.92. The minimum atomic E-state index is 1.25. The predicted octanol–water partition coefficient (Wildman–Crippen LogP) is 5.56. The Hall–Kier alpha value is -2.60. The summed E-state index contributed by atoms with van der Waals surface area (Å²) in [6.07, 6.45) is 2.30. The summed E-state index contributed by atoms with van der Waals surface area (Å²) in [6, 6.07) is 25.8. The molecule has 21 heavy (non-hydrogen) atoms. The van der Waals surface area contributed by atoms with Gasteiger partial charge in [0.2, 0.25) is 0 Å². The summed E-state index contributed by atoms with van der Waals surface area (Å²) < 4.78 is 0. The molecule has 0 spiro atoms. The number of aryl methyl sites for hydroxylation is 1. The van der Waals surface area contributed by atoms with Crippen molar-refractivity contribution in [2.75, 3.05) is 0 Å². The van der Waals surface area contributed by atoms with Crippen LogP contribution in [0.2, 0.25) is 0 Å². The normalized spacial score (nSPS) is 14.0. The molecule has 0 fully saturated rings. The first-order valence-corrected chi connectivity index (χ1v) is 7.31. The van der Waals surface area contributed by atoms with Crippen molar-refractivity contribution in [3.63, 3.8) is 0 Å². The van der Waals surface area contributed by atoms with Crippen LogP contribution in [0.15, 0.2) is 72.8 Å². The second-order valence-corrected chi connectivity index (χ2v) is 5.51. The van der Waals surface area contributed by atoms with Gasteiger partial charge in [0.1, 0.15) is 0 Å². The first kappa shape index (κ1) is 12.2. The Balaban J connectivity index is 2.02. The van der Waals surface area contributed by atoms with E-state index in [4.69, 9.17) is 0 Å². The average molecular weight is 268 g/mol. The Morgan fingerprint density at radius 3 is 2.10 bits per heavy atom. The molecule has 0 heterocycles. The smallest absolute Gasteiger partial charge is 0.00694 e. The summed E-state index contributed by atoms with van der Waals surface area (Å²) in [5, 5.41) is 0. The molecule has 0 nitrogen and oxygen atoms in total. The molecule has 100 valence electrons. The van der Waals surface area contributed by atoms with Crippen LogP contribution in [0.1, 0.15) is 22.3 Å². The van der Waals surface area contributed by atoms with Crippen molar-refractivity contribution in [3.8, 4) is 11.1 Å². The number of benzene rings is 3. The maximum absolute atomic E-state index is 2.30. The van der Waals surface area contributed by atoms with E-state index in [0.717, 1.165) is 0 Å². The third-order valence-electron chi connectivity index (χ3n) is 4.16. The van der Waals surface area contributed by atoms with Gasteiger partial charge in [0.05, 0.1) is 0 Å². The average Bonchev–Trinajstić information content (AvgIpc) is 2.84. The van der Waals surface area contributed by atoms with Gasteiger partial charge < -0.3 is 0 Å². The van der Waals surface area contributed by atoms with Gasteiger partial charge in [-0.05, 0) is 52.0 Å². The lowest BCUT2D eigenvalue weighted by Gasteiger charge is -2.06. The zero-order valence-electron chi connectivity index (χ0n) is 12.0. The molecule has 1 aliphatic carbocycles. The van der Waals surface area contributed by atoms with Gasteiger partial charge in [-0.15, -0.1) is 0 Å². The zero-order valence-corrected chi connectivity index (χ0v) is 12.0. The predicted molar refractivity (Wildman–Crippen MR) is 90.0 cm³/mol. The van der Waals surface area contributed by atoms with Crippen LogP contribution < -0.4 is 0 Å². The molecule has 0 saturated carbocycles. The molecule has 0 saturated heterocycles. The summed E-state index contributed by atoms with van der Waals surface area (Å²) in [5.74, 6) is 0. The van der Waals surface area contributed by atoms with E-state index in [0.29, 0.717) is 0 Å². The van der Waals surface area contributed by atoms with Gasteiger partial charge >= 0.3 is 0 Å². The van der Waals surface area contributed by atoms with E-state index in [9.17, 15) is 0 Å². The van der Waals surface area contributed by atoms with Gasteiger partial charge in [0, 0.05) is 0 Å². The van der Waals surface area contributed by atoms with Gasteiger partial charge in [-0.25, -0.2) is 0 Å². The maximum Gasteiger partial charge on any atom is -0.00694 e. The Morgan fingerprint density at radius 2 is 1.29 bits per heavy atom. The topological polar surface area (TPSA) is 0 Å². The fourth-order valence-electron chi connectivity index (χ4n) is 3.20. The molecule has 0 N–H and O–H groups in total. The van der Waals surface area contributed by atoms with Crippen molar-refractivity contribution < 1.29 is 0 Å². The third-order valence-corrected chi connectivity index (χ3v) is 4.16. The molecule has 0 radical (unpaired) electrons. The first-order chi connectivity index (χ1) is 10.3. The molecule has 0 aliphatic heterocycles. The standard InChI is InChI=1S/C21H16/c1-15-8-7-13-19-17-11-5-6-12-18(17)20(21(15)19)14-16-9-3-2-4-10-16/h2-14H,1H3. The van der Waals surface area contributed by atoms with Crippen molar-refractivity contribution in [1.82, 2.24) is 0 Å². The minimum absolute atomic E-state index is 1.25. The highest BCUT2D eigenvalue weighted by Gasteiger charge is 2.23. The summed E-state index contributed by atoms with van der Waals surface area (Å²) in [4.78, 5) is 0. The highest BCUT2D eigenvalue weighted by Crippen LogP contribution is 2.46. The summed E-state index contributed by atoms with van der Waals surface area (Å²) >= 11 is 0. The molecule has 1 aliphatic rings. The lowest BCUT2D eigenvalue weighted by molar-refractivity contribution is 1.45. The van der Waals surface area contributed by atoms with E-state index >= 15 is 0 Å². The Labute approximate surface area is 125 Å². The van der Waals surface area contributed by atoms with E-state index in [1.807, 2.05) is 0 Å². The Morgan fingerprint density at radius 1 is 0.619 bits per heavy atom. The summed E-state index contributed by atoms with van der Waals surface area (Å²) in [6.45, 7) is 2.20. The number of hydrogen-bond acceptors (Lipinski definition) is 0. The van der Waals surface area contributed by atoms with Gasteiger partial charge in [0.25, 0.3) is 0 Å². The SMILES string of the molecule is Cc1cccc2c1C(=Cc1ccccc1)c1ccccc1-2. The molecular formula is C21H16. The van der Waals surface area contributed by atoms with E-state index in [-0.39, 0.29) is 0 Å². The Bertz CT molecular complexity index is 839. The van der Waals surface area contributed by atoms with Crippen molar-refractivity contribution >= 4 is 11.6 Å². The van der Waals surface area contributed by atoms with Gasteiger partial charge in [-0.3, -0.25) is 0 Å². The van der Waals surface area contributed by atoms with Crippen LogP contribution in [0.3, 0.4) is 0 Å². The molecule has 0 heteroatoms. The molecule has 4 rings (SSSR count). The first-order valence-electron chi connectivity index (χ1n) is 7.31. The maximum atomic E-state index is 2.30. The fraction of sp³-hybridized carbons (Fsp3) is 0.0476. The molecule has 3 aromatic rings. The van der Waals surface area contributed by atoms with Crippen LogP contribution in [0, 0.1) is 6.92 Å². The second kappa shape index (κ2) is 4.75. The minimum Gasteiger partial charge on any atom is -0.0622 e. The van der Waals surface area contributed by atoms with Crippen LogP contribution in [-0.2, 0) is 0 Å². The highest BCUT2D eigenvalue weighted by molar-refractivity contribution is 6.07. The van der Waals surface area contributed by atoms with Crippen molar-refractivity contribution in [2.45, 2.75) is 6.92 Å². The van der Waals surface area contributed by atoms with Crippen LogP contribution in [0.25, 0.3) is 22.8 Å². The van der Waals surface area contributed by atoms with Gasteiger partial charge in [0.15, 0.2) is 0 Å². The monoisotopic (exact) mass is 268 g/mol.